The summed E-state index contributed by atoms with van der Waals surface area (Å²) in [7, 11) is 1.86. The van der Waals surface area contributed by atoms with Crippen LogP contribution in [0.25, 0.3) is 0 Å². The maximum absolute atomic E-state index is 11.6. The summed E-state index contributed by atoms with van der Waals surface area (Å²) in [6.45, 7) is 2.84. The summed E-state index contributed by atoms with van der Waals surface area (Å²) in [5.74, 6) is 3.13. The third-order valence-electron chi connectivity index (χ3n) is 2.63. The molecule has 1 aliphatic heterocycles. The fourth-order valence-electron chi connectivity index (χ4n) is 1.87. The van der Waals surface area contributed by atoms with Gasteiger partial charge < -0.3 is 10.3 Å². The van der Waals surface area contributed by atoms with Crippen LogP contribution < -0.4 is 10.9 Å². The highest BCUT2D eigenvalue weighted by atomic mass is 32.2. The van der Waals surface area contributed by atoms with Crippen LogP contribution in [0.3, 0.4) is 0 Å². The number of H-pyrrole nitrogens is 1. The number of thioether (sulfide) groups is 2. The zero-order valence-corrected chi connectivity index (χ0v) is 11.7. The molecule has 17 heavy (non-hydrogen) atoms. The van der Waals surface area contributed by atoms with Crippen molar-refractivity contribution in [2.75, 3.05) is 18.6 Å². The largest absolute Gasteiger partial charge is 0.314 e. The quantitative estimate of drug-likeness (QED) is 0.870. The lowest BCUT2D eigenvalue weighted by atomic mass is 10.3. The fraction of sp³-hybridized carbons (Fsp3) is 0.636. The third-order valence-corrected chi connectivity index (χ3v) is 5.73. The number of aromatic nitrogens is 2. The molecule has 2 unspecified atom stereocenters. The van der Waals surface area contributed by atoms with Gasteiger partial charge in [0.05, 0.1) is 10.9 Å². The van der Waals surface area contributed by atoms with Crippen molar-refractivity contribution < 1.29 is 0 Å². The van der Waals surface area contributed by atoms with E-state index in [9.17, 15) is 4.79 Å². The standard InChI is InChI=1S/C11H17N3OS2/c1-7-10(17-4-3-16-7)11-13-8(6-12-2)5-9(15)14-11/h5,7,10,12H,3-4,6H2,1-2H3,(H,13,14,15). The Bertz CT molecular complexity index is 435. The maximum atomic E-state index is 11.6. The van der Waals surface area contributed by atoms with Gasteiger partial charge in [0.25, 0.3) is 5.56 Å². The van der Waals surface area contributed by atoms with E-state index in [4.69, 9.17) is 0 Å². The molecule has 1 aromatic heterocycles. The van der Waals surface area contributed by atoms with Gasteiger partial charge in [0, 0.05) is 29.4 Å². The molecular formula is C11H17N3OS2. The van der Waals surface area contributed by atoms with E-state index in [1.54, 1.807) is 6.07 Å². The molecular weight excluding hydrogens is 254 g/mol. The summed E-state index contributed by atoms with van der Waals surface area (Å²) < 4.78 is 0. The van der Waals surface area contributed by atoms with Gasteiger partial charge in [0.15, 0.2) is 0 Å². The molecule has 2 N–H and O–H groups in total. The Morgan fingerprint density at radius 1 is 1.53 bits per heavy atom. The number of nitrogens with zero attached hydrogens (tertiary/aromatic N) is 1. The van der Waals surface area contributed by atoms with Gasteiger partial charge in [-0.2, -0.15) is 11.8 Å². The minimum Gasteiger partial charge on any atom is -0.314 e. The summed E-state index contributed by atoms with van der Waals surface area (Å²) >= 11 is 3.83. The predicted octanol–water partition coefficient (Wildman–Crippen LogP) is 1.40. The smallest absolute Gasteiger partial charge is 0.251 e. The number of aromatic amines is 1. The van der Waals surface area contributed by atoms with Crippen LogP contribution in [0.2, 0.25) is 0 Å². The minimum atomic E-state index is -0.0522. The lowest BCUT2D eigenvalue weighted by Crippen LogP contribution is -2.23. The van der Waals surface area contributed by atoms with E-state index < -0.39 is 0 Å². The number of hydrogen-bond donors (Lipinski definition) is 2. The van der Waals surface area contributed by atoms with Crippen LogP contribution in [-0.2, 0) is 6.54 Å². The van der Waals surface area contributed by atoms with E-state index in [1.807, 2.05) is 30.6 Å². The zero-order chi connectivity index (χ0) is 12.3. The SMILES string of the molecule is CNCc1cc(=O)[nH]c(C2SCCSC2C)n1. The minimum absolute atomic E-state index is 0.0522. The zero-order valence-electron chi connectivity index (χ0n) is 10.0. The first kappa shape index (κ1) is 13.0. The van der Waals surface area contributed by atoms with E-state index >= 15 is 0 Å². The first-order chi connectivity index (χ1) is 8.20. The van der Waals surface area contributed by atoms with E-state index in [0.29, 0.717) is 17.0 Å². The number of hydrogen-bond acceptors (Lipinski definition) is 5. The Morgan fingerprint density at radius 2 is 2.29 bits per heavy atom. The van der Waals surface area contributed by atoms with Crippen LogP contribution in [0.1, 0.15) is 23.7 Å². The Labute approximate surface area is 109 Å². The monoisotopic (exact) mass is 271 g/mol. The summed E-state index contributed by atoms with van der Waals surface area (Å²) in [5.41, 5.74) is 0.762. The lowest BCUT2D eigenvalue weighted by Gasteiger charge is -2.27. The van der Waals surface area contributed by atoms with Crippen molar-refractivity contribution in [2.45, 2.75) is 24.0 Å². The Morgan fingerprint density at radius 3 is 3.00 bits per heavy atom. The highest BCUT2D eigenvalue weighted by Gasteiger charge is 2.26. The van der Waals surface area contributed by atoms with E-state index in [-0.39, 0.29) is 5.56 Å². The molecule has 0 saturated carbocycles. The molecule has 1 saturated heterocycles. The molecule has 1 fully saturated rings. The summed E-state index contributed by atoms with van der Waals surface area (Å²) in [5, 5.41) is 3.83. The Hall–Kier alpha value is -0.460. The van der Waals surface area contributed by atoms with Crippen LogP contribution in [-0.4, -0.2) is 33.8 Å². The second-order valence-electron chi connectivity index (χ2n) is 4.02. The summed E-state index contributed by atoms with van der Waals surface area (Å²) in [4.78, 5) is 19.0. The van der Waals surface area contributed by atoms with Gasteiger partial charge in [0.1, 0.15) is 5.82 Å². The van der Waals surface area contributed by atoms with Gasteiger partial charge in [-0.25, -0.2) is 4.98 Å². The van der Waals surface area contributed by atoms with Crippen molar-refractivity contribution in [3.05, 3.63) is 27.9 Å². The normalized spacial score (nSPS) is 24.8. The molecule has 0 aliphatic carbocycles. The first-order valence-corrected chi connectivity index (χ1v) is 7.78. The molecule has 1 aromatic rings. The lowest BCUT2D eigenvalue weighted by molar-refractivity contribution is 0.745. The van der Waals surface area contributed by atoms with Gasteiger partial charge in [-0.15, -0.1) is 11.8 Å². The van der Waals surface area contributed by atoms with Crippen LogP contribution >= 0.6 is 23.5 Å². The van der Waals surface area contributed by atoms with Crippen molar-refractivity contribution in [3.63, 3.8) is 0 Å². The van der Waals surface area contributed by atoms with Gasteiger partial charge in [0.2, 0.25) is 0 Å². The molecule has 0 bridgehead atoms. The van der Waals surface area contributed by atoms with Crippen molar-refractivity contribution in [1.29, 1.82) is 0 Å². The van der Waals surface area contributed by atoms with Crippen molar-refractivity contribution in [2.24, 2.45) is 0 Å². The molecule has 2 atom stereocenters. The van der Waals surface area contributed by atoms with E-state index in [0.717, 1.165) is 17.3 Å². The number of nitrogens with one attached hydrogen (secondary N) is 2. The molecule has 0 amide bonds. The van der Waals surface area contributed by atoms with Crippen LogP contribution in [0, 0.1) is 0 Å². The first-order valence-electron chi connectivity index (χ1n) is 5.68. The van der Waals surface area contributed by atoms with E-state index in [1.165, 1.54) is 5.75 Å². The van der Waals surface area contributed by atoms with Gasteiger partial charge in [-0.05, 0) is 7.05 Å². The van der Waals surface area contributed by atoms with Gasteiger partial charge in [-0.3, -0.25) is 4.79 Å². The molecule has 4 nitrogen and oxygen atoms in total. The molecule has 6 heteroatoms. The summed E-state index contributed by atoms with van der Waals surface area (Å²) in [6, 6.07) is 1.56. The van der Waals surface area contributed by atoms with Crippen LogP contribution in [0.5, 0.6) is 0 Å². The van der Waals surface area contributed by atoms with Gasteiger partial charge >= 0.3 is 0 Å². The average Bonchev–Trinajstić information content (AvgIpc) is 2.29. The Kier molecular flexibility index (Phi) is 4.53. The molecule has 0 spiro atoms. The highest BCUT2D eigenvalue weighted by molar-refractivity contribution is 8.06. The average molecular weight is 271 g/mol. The predicted molar refractivity (Wildman–Crippen MR) is 74.7 cm³/mol. The molecule has 0 aromatic carbocycles. The highest BCUT2D eigenvalue weighted by Crippen LogP contribution is 2.40. The molecule has 2 rings (SSSR count). The summed E-state index contributed by atoms with van der Waals surface area (Å²) in [6.07, 6.45) is 0. The third kappa shape index (κ3) is 3.26. The number of rotatable bonds is 3. The van der Waals surface area contributed by atoms with Crippen molar-refractivity contribution in [3.8, 4) is 0 Å². The second-order valence-corrected chi connectivity index (χ2v) is 6.75. The topological polar surface area (TPSA) is 57.8 Å². The molecule has 2 heterocycles. The van der Waals surface area contributed by atoms with E-state index in [2.05, 4.69) is 22.2 Å². The van der Waals surface area contributed by atoms with Gasteiger partial charge in [-0.1, -0.05) is 6.92 Å². The Balaban J connectivity index is 2.27. The maximum Gasteiger partial charge on any atom is 0.251 e. The molecule has 94 valence electrons. The van der Waals surface area contributed by atoms with Crippen molar-refractivity contribution >= 4 is 23.5 Å². The van der Waals surface area contributed by atoms with Crippen molar-refractivity contribution in [1.82, 2.24) is 15.3 Å². The van der Waals surface area contributed by atoms with Crippen LogP contribution in [0.15, 0.2) is 10.9 Å². The molecule has 1 aliphatic rings. The fourth-order valence-corrected chi connectivity index (χ4v) is 4.58. The van der Waals surface area contributed by atoms with Crippen LogP contribution in [0.4, 0.5) is 0 Å². The second kappa shape index (κ2) is 5.93. The molecule has 0 radical (unpaired) electrons.